The molecular weight excluding hydrogens is 592 g/mol. The molecule has 1 saturated carbocycles. The fraction of sp³-hybridized carbons (Fsp3) is 0.419. The topological polar surface area (TPSA) is 139 Å². The first-order valence-electron chi connectivity index (χ1n) is 14.5. The van der Waals surface area contributed by atoms with Gasteiger partial charge in [-0.05, 0) is 80.6 Å². The quantitative estimate of drug-likeness (QED) is 0.354. The number of Topliss-reactive ketones (excluding diaryl/α,β-unsaturated/α-hetero) is 1. The van der Waals surface area contributed by atoms with Crippen LogP contribution in [0.3, 0.4) is 0 Å². The second-order valence-electron chi connectivity index (χ2n) is 11.3. The molecule has 2 amide bonds. The van der Waals surface area contributed by atoms with Crippen LogP contribution >= 0.6 is 11.6 Å². The molecule has 2 N–H and O–H groups in total. The molecule has 0 bridgehead atoms. The molecule has 12 heteroatoms. The highest BCUT2D eigenvalue weighted by Gasteiger charge is 2.38. The molecule has 1 aromatic carbocycles. The summed E-state index contributed by atoms with van der Waals surface area (Å²) >= 11 is 5.97. The van der Waals surface area contributed by atoms with E-state index in [1.165, 1.54) is 12.3 Å². The average molecular weight is 627 g/mol. The summed E-state index contributed by atoms with van der Waals surface area (Å²) in [6.07, 6.45) is 6.50. The van der Waals surface area contributed by atoms with Gasteiger partial charge in [0.25, 0.3) is 15.9 Å². The zero-order valence-electron chi connectivity index (χ0n) is 23.9. The van der Waals surface area contributed by atoms with Gasteiger partial charge in [0.05, 0.1) is 12.6 Å². The van der Waals surface area contributed by atoms with Crippen LogP contribution in [0.4, 0.5) is 0 Å². The largest absolute Gasteiger partial charge is 0.451 e. The SMILES string of the molecule is C[C@@H]1CC[C@H](NC(=O)[C@H](CC2CCCC2)NC(=O)c2ccc(-c3ccc(Cl)cc3)o2)C(=O)CN1S(=O)(=O)c1ccccn1. The molecule has 43 heavy (non-hydrogen) atoms. The van der Waals surface area contributed by atoms with Crippen LogP contribution in [0.25, 0.3) is 11.3 Å². The van der Waals surface area contributed by atoms with Crippen LogP contribution in [-0.4, -0.2) is 60.0 Å². The number of carbonyl (C=O) groups is 3. The number of hydrogen-bond donors (Lipinski definition) is 2. The fourth-order valence-electron chi connectivity index (χ4n) is 5.77. The molecule has 228 valence electrons. The Labute approximate surface area is 256 Å². The summed E-state index contributed by atoms with van der Waals surface area (Å²) in [5.74, 6) is -0.614. The van der Waals surface area contributed by atoms with Gasteiger partial charge in [0.1, 0.15) is 11.8 Å². The lowest BCUT2D eigenvalue weighted by atomic mass is 9.97. The van der Waals surface area contributed by atoms with Crippen molar-refractivity contribution >= 4 is 39.2 Å². The van der Waals surface area contributed by atoms with E-state index in [0.29, 0.717) is 23.6 Å². The number of nitrogens with one attached hydrogen (secondary N) is 2. The molecular formula is C31H35ClN4O6S. The van der Waals surface area contributed by atoms with Crippen molar-refractivity contribution in [1.82, 2.24) is 19.9 Å². The third-order valence-corrected chi connectivity index (χ3v) is 10.3. The van der Waals surface area contributed by atoms with Crippen LogP contribution in [0.2, 0.25) is 5.02 Å². The first-order valence-corrected chi connectivity index (χ1v) is 16.4. The van der Waals surface area contributed by atoms with Gasteiger partial charge in [0.2, 0.25) is 5.91 Å². The maximum atomic E-state index is 13.6. The maximum absolute atomic E-state index is 13.6. The van der Waals surface area contributed by atoms with Crippen LogP contribution < -0.4 is 10.6 Å². The van der Waals surface area contributed by atoms with Crippen molar-refractivity contribution in [3.8, 4) is 11.3 Å². The fourth-order valence-corrected chi connectivity index (χ4v) is 7.46. The number of amides is 2. The number of pyridine rings is 1. The van der Waals surface area contributed by atoms with E-state index < -0.39 is 45.7 Å². The smallest absolute Gasteiger partial charge is 0.287 e. The van der Waals surface area contributed by atoms with E-state index >= 15 is 0 Å². The average Bonchev–Trinajstić information content (AvgIpc) is 3.68. The van der Waals surface area contributed by atoms with Gasteiger partial charge in [0, 0.05) is 22.8 Å². The van der Waals surface area contributed by atoms with Gasteiger partial charge < -0.3 is 15.1 Å². The van der Waals surface area contributed by atoms with Crippen molar-refractivity contribution in [1.29, 1.82) is 0 Å². The van der Waals surface area contributed by atoms with Crippen molar-refractivity contribution in [2.75, 3.05) is 6.54 Å². The van der Waals surface area contributed by atoms with E-state index in [0.717, 1.165) is 35.6 Å². The summed E-state index contributed by atoms with van der Waals surface area (Å²) in [6, 6.07) is 12.6. The Hall–Kier alpha value is -3.54. The first kappa shape index (κ1) is 30.9. The minimum Gasteiger partial charge on any atom is -0.451 e. The van der Waals surface area contributed by atoms with E-state index in [-0.39, 0.29) is 29.7 Å². The van der Waals surface area contributed by atoms with Crippen LogP contribution in [-0.2, 0) is 19.6 Å². The number of furan rings is 1. The Balaban J connectivity index is 1.28. The van der Waals surface area contributed by atoms with Crippen molar-refractivity contribution in [3.05, 3.63) is 71.6 Å². The number of aromatic nitrogens is 1. The van der Waals surface area contributed by atoms with Crippen LogP contribution in [0.1, 0.15) is 62.4 Å². The first-order chi connectivity index (χ1) is 20.6. The van der Waals surface area contributed by atoms with Crippen molar-refractivity contribution < 1.29 is 27.2 Å². The normalized spacial score (nSPS) is 20.8. The third-order valence-electron chi connectivity index (χ3n) is 8.22. The number of halogens is 1. The molecule has 0 unspecified atom stereocenters. The van der Waals surface area contributed by atoms with Gasteiger partial charge in [-0.1, -0.05) is 43.4 Å². The van der Waals surface area contributed by atoms with Crippen LogP contribution in [0.5, 0.6) is 0 Å². The highest BCUT2D eigenvalue weighted by molar-refractivity contribution is 7.89. The van der Waals surface area contributed by atoms with E-state index in [1.807, 2.05) is 0 Å². The number of carbonyl (C=O) groups excluding carboxylic acids is 3. The van der Waals surface area contributed by atoms with E-state index in [9.17, 15) is 22.8 Å². The predicted molar refractivity (Wildman–Crippen MR) is 161 cm³/mol. The lowest BCUT2D eigenvalue weighted by Gasteiger charge is -2.25. The lowest BCUT2D eigenvalue weighted by molar-refractivity contribution is -0.129. The molecule has 2 aliphatic rings. The Kier molecular flexibility index (Phi) is 9.63. The van der Waals surface area contributed by atoms with Gasteiger partial charge in [0.15, 0.2) is 16.6 Å². The molecule has 3 heterocycles. The number of rotatable bonds is 9. The summed E-state index contributed by atoms with van der Waals surface area (Å²) in [4.78, 5) is 44.1. The maximum Gasteiger partial charge on any atom is 0.287 e. The molecule has 2 aromatic heterocycles. The number of benzene rings is 1. The summed E-state index contributed by atoms with van der Waals surface area (Å²) in [5, 5.41) is 6.10. The third kappa shape index (κ3) is 7.34. The standard InChI is InChI=1S/C31H35ClN4O6S/c1-20-9-14-24(26(37)19-36(20)43(40,41)29-8-4-5-17-33-29)34-30(38)25(18-21-6-2-3-7-21)35-31(39)28-16-15-27(42-28)22-10-12-23(32)13-11-22/h4-5,8,10-13,15-17,20-21,24-25H,2-3,6-7,9,14,18-19H2,1H3,(H,34,38)(H,35,39)/t20-,24+,25+/m1/s1. The van der Waals surface area contributed by atoms with Crippen LogP contribution in [0, 0.1) is 5.92 Å². The molecule has 0 radical (unpaired) electrons. The second kappa shape index (κ2) is 13.4. The molecule has 10 nitrogen and oxygen atoms in total. The number of hydrogen-bond acceptors (Lipinski definition) is 7. The molecule has 1 saturated heterocycles. The van der Waals surface area contributed by atoms with E-state index in [2.05, 4.69) is 15.6 Å². The summed E-state index contributed by atoms with van der Waals surface area (Å²) in [6.45, 7) is 1.35. The molecule has 3 atom stereocenters. The van der Waals surface area contributed by atoms with Gasteiger partial charge in [-0.15, -0.1) is 0 Å². The van der Waals surface area contributed by atoms with Crippen molar-refractivity contribution in [2.24, 2.45) is 5.92 Å². The highest BCUT2D eigenvalue weighted by atomic mass is 35.5. The lowest BCUT2D eigenvalue weighted by Crippen LogP contribution is -2.52. The van der Waals surface area contributed by atoms with Crippen molar-refractivity contribution in [2.45, 2.75) is 75.0 Å². The number of nitrogens with zero attached hydrogens (tertiary/aromatic N) is 2. The molecule has 5 rings (SSSR count). The minimum atomic E-state index is -4.00. The summed E-state index contributed by atoms with van der Waals surface area (Å²) < 4.78 is 33.4. The minimum absolute atomic E-state index is 0.0592. The zero-order chi connectivity index (χ0) is 30.6. The number of sulfonamides is 1. The zero-order valence-corrected chi connectivity index (χ0v) is 25.4. The Morgan fingerprint density at radius 3 is 2.49 bits per heavy atom. The van der Waals surface area contributed by atoms with Gasteiger partial charge in [-0.25, -0.2) is 13.4 Å². The summed E-state index contributed by atoms with van der Waals surface area (Å²) in [7, 11) is -4.00. The Bertz CT molecular complexity index is 1550. The second-order valence-corrected chi connectivity index (χ2v) is 13.5. The molecule has 3 aromatic rings. The van der Waals surface area contributed by atoms with Gasteiger partial charge >= 0.3 is 0 Å². The van der Waals surface area contributed by atoms with E-state index in [1.54, 1.807) is 55.5 Å². The number of ketones is 1. The predicted octanol–water partition coefficient (Wildman–Crippen LogP) is 4.60. The molecule has 2 fully saturated rings. The van der Waals surface area contributed by atoms with Gasteiger partial charge in [-0.3, -0.25) is 14.4 Å². The summed E-state index contributed by atoms with van der Waals surface area (Å²) in [5.41, 5.74) is 0.754. The Morgan fingerprint density at radius 1 is 1.05 bits per heavy atom. The van der Waals surface area contributed by atoms with Crippen LogP contribution in [0.15, 0.2) is 70.2 Å². The highest BCUT2D eigenvalue weighted by Crippen LogP contribution is 2.30. The van der Waals surface area contributed by atoms with Gasteiger partial charge in [-0.2, -0.15) is 4.31 Å². The molecule has 0 spiro atoms. The van der Waals surface area contributed by atoms with E-state index in [4.69, 9.17) is 16.0 Å². The van der Waals surface area contributed by atoms with Crippen molar-refractivity contribution in [3.63, 3.8) is 0 Å². The molecule has 1 aliphatic carbocycles. The molecule has 1 aliphatic heterocycles. The monoisotopic (exact) mass is 626 g/mol. The Morgan fingerprint density at radius 2 is 1.79 bits per heavy atom.